The van der Waals surface area contributed by atoms with Gasteiger partial charge < -0.3 is 137 Å². The van der Waals surface area contributed by atoms with Crippen LogP contribution in [0.5, 0.6) is 0 Å². The first-order chi connectivity index (χ1) is 72.4. The second-order valence-corrected chi connectivity index (χ2v) is 34.1. The van der Waals surface area contributed by atoms with Gasteiger partial charge in [-0.2, -0.15) is 0 Å². The number of esters is 2. The summed E-state index contributed by atoms with van der Waals surface area (Å²) in [4.78, 5) is 219. The SMILES string of the molecule is CCN(CC)C(=O)OCCOCCOCCOC(=O)N(CC(=O)NCCCCCC(=O)O)CC(=O)NCCCCCC(=O)O.CCNCC.NCCCCCC(=O)NCCN(CCNC(=O)CCCCCN)C(=O)OCCOCCOCCOC(=O)N(CC(=O)NCCCCCC(=O)O)CC(=O)NCCCCCC(=O)O.O=C(CNCC(=O)NCCCCCC(=O)OCc1ccccc1)NCCCCCC(=O)OCc1ccccc1. The van der Waals surface area contributed by atoms with Crippen molar-refractivity contribution in [2.45, 2.75) is 246 Å². The second-order valence-electron chi connectivity index (χ2n) is 34.1. The Hall–Kier alpha value is -12.2. The summed E-state index contributed by atoms with van der Waals surface area (Å²) in [6.45, 7) is 14.9. The number of ether oxygens (including phenoxy) is 10. The molecule has 18 N–H and O–H groups in total. The number of nitrogens with zero attached hydrogens (tertiary/aromatic N) is 4. The molecule has 0 fully saturated rings. The van der Waals surface area contributed by atoms with E-state index >= 15 is 0 Å². The second kappa shape index (κ2) is 101. The topological polar surface area (TPSA) is 666 Å². The van der Waals surface area contributed by atoms with E-state index in [4.69, 9.17) is 79.3 Å². The summed E-state index contributed by atoms with van der Waals surface area (Å²) in [5.74, 6) is -6.68. The van der Waals surface area contributed by atoms with E-state index < -0.39 is 98.1 Å². The molecule has 150 heavy (non-hydrogen) atoms. The quantitative estimate of drug-likeness (QED) is 0.0200. The molecule has 0 atom stereocenters. The van der Waals surface area contributed by atoms with Gasteiger partial charge in [0, 0.05) is 130 Å². The molecule has 48 nitrogen and oxygen atoms in total. The molecule has 0 saturated carbocycles. The predicted octanol–water partition coefficient (Wildman–Crippen LogP) is 6.18. The summed E-state index contributed by atoms with van der Waals surface area (Å²) < 4.78 is 52.9. The minimum absolute atomic E-state index is 0.0214. The number of nitrogens with one attached hydrogen (secondary N) is 10. The van der Waals surface area contributed by atoms with Crippen molar-refractivity contribution in [1.29, 1.82) is 0 Å². The third-order valence-electron chi connectivity index (χ3n) is 21.2. The van der Waals surface area contributed by atoms with Crippen LogP contribution in [0.1, 0.15) is 244 Å². The Morgan fingerprint density at radius 3 is 0.767 bits per heavy atom. The molecule has 0 aromatic heterocycles. The third-order valence-corrected chi connectivity index (χ3v) is 21.2. The molecule has 0 bridgehead atoms. The lowest BCUT2D eigenvalue weighted by Gasteiger charge is -2.22. The van der Waals surface area contributed by atoms with E-state index in [-0.39, 0.29) is 219 Å². The Balaban J connectivity index is 0. The van der Waals surface area contributed by atoms with Gasteiger partial charge >= 0.3 is 60.2 Å². The average Bonchev–Trinajstić information content (AvgIpc) is 0.905. The molecular formula is C102H176N16O32. The Bertz CT molecular complexity index is 3750. The van der Waals surface area contributed by atoms with E-state index in [1.165, 1.54) is 4.90 Å². The largest absolute Gasteiger partial charge is 0.481 e. The van der Waals surface area contributed by atoms with Crippen LogP contribution in [0, 0.1) is 0 Å². The van der Waals surface area contributed by atoms with E-state index in [1.54, 1.807) is 4.90 Å². The number of carboxylic acids is 4. The van der Waals surface area contributed by atoms with Crippen LogP contribution in [0.2, 0.25) is 0 Å². The fourth-order valence-electron chi connectivity index (χ4n) is 13.0. The van der Waals surface area contributed by atoms with E-state index in [0.717, 1.165) is 98.2 Å². The van der Waals surface area contributed by atoms with Crippen molar-refractivity contribution in [2.75, 3.05) is 223 Å². The van der Waals surface area contributed by atoms with Gasteiger partial charge in [0.25, 0.3) is 0 Å². The molecule has 2 rings (SSSR count). The third kappa shape index (κ3) is 94.2. The van der Waals surface area contributed by atoms with Crippen LogP contribution in [0.15, 0.2) is 60.7 Å². The first-order valence-corrected chi connectivity index (χ1v) is 52.6. The van der Waals surface area contributed by atoms with Gasteiger partial charge in [0.05, 0.1) is 65.9 Å². The summed E-state index contributed by atoms with van der Waals surface area (Å²) in [5, 5.41) is 62.6. The van der Waals surface area contributed by atoms with E-state index in [0.29, 0.717) is 155 Å². The maximum absolute atomic E-state index is 12.9. The highest BCUT2D eigenvalue weighted by atomic mass is 16.6. The molecule has 856 valence electrons. The monoisotopic (exact) mass is 2140 g/mol. The Morgan fingerprint density at radius 2 is 0.500 bits per heavy atom. The Kier molecular flexibility index (Phi) is 94.4. The molecule has 2 aromatic carbocycles. The number of carbonyl (C=O) groups excluding carboxylic acids is 14. The van der Waals surface area contributed by atoms with Gasteiger partial charge in [0.2, 0.25) is 47.3 Å². The molecule has 0 aliphatic carbocycles. The van der Waals surface area contributed by atoms with Crippen molar-refractivity contribution in [1.82, 2.24) is 72.8 Å². The van der Waals surface area contributed by atoms with E-state index in [2.05, 4.69) is 67.0 Å². The van der Waals surface area contributed by atoms with Crippen LogP contribution in [0.3, 0.4) is 0 Å². The molecule has 0 unspecified atom stereocenters. The average molecular weight is 2140 g/mol. The van der Waals surface area contributed by atoms with Crippen molar-refractivity contribution in [3.63, 3.8) is 0 Å². The lowest BCUT2D eigenvalue weighted by Crippen LogP contribution is -2.46. The molecule has 0 aliphatic rings. The predicted molar refractivity (Wildman–Crippen MR) is 556 cm³/mol. The Morgan fingerprint density at radius 1 is 0.253 bits per heavy atom. The van der Waals surface area contributed by atoms with Gasteiger partial charge in [-0.25, -0.2) is 19.2 Å². The standard InChI is InChI=1S/C40H74N8O14.C30H41N3O6.C28H50N4O12.C4H11N/c41-17-9-1-5-13-33(49)45-21-23-47(24-22-46-34(50)14-6-2-10-18-42)39(57)61-29-27-59-25-26-60-28-30-62-40(58)48(31-35(51)43-19-11-3-7-15-37(53)54)32-36(52)44-20-12-4-8-16-38(55)56;34-27(32-19-11-3-9-17-29(36)38-23-25-13-5-1-6-14-25)21-31-22-28(35)33-20-12-4-10-18-30(37)39-24-26-15-7-2-8-16-26;1-3-31(4-2)27(39)43-19-17-41-15-16-42-18-20-44-28(40)32(21-23(33)29-13-9-5-7-11-25(35)36)22-24(34)30-14-10-6-8-12-26(37)38;1-3-5-4-2/h1-32,41-42H2,(H,43,51)(H,44,52)(H,45,49)(H,46,50)(H,53,54)(H,55,56);1-2,5-8,13-16,31H,3-4,9-12,17-24H2,(H,32,34)(H,33,35);3-22H2,1-2H3,(H,29,33)(H,30,34)(H,35,36)(H,37,38);5H,3-4H2,1-2H3. The summed E-state index contributed by atoms with van der Waals surface area (Å²) in [6, 6.07) is 19.1. The highest BCUT2D eigenvalue weighted by Gasteiger charge is 2.25. The van der Waals surface area contributed by atoms with Crippen LogP contribution in [0.25, 0.3) is 0 Å². The van der Waals surface area contributed by atoms with Crippen molar-refractivity contribution >= 4 is 107 Å². The van der Waals surface area contributed by atoms with Gasteiger partial charge in [-0.3, -0.25) is 82.2 Å². The van der Waals surface area contributed by atoms with Crippen molar-refractivity contribution in [2.24, 2.45) is 11.5 Å². The zero-order valence-corrected chi connectivity index (χ0v) is 89.0. The highest BCUT2D eigenvalue weighted by molar-refractivity contribution is 5.88. The van der Waals surface area contributed by atoms with Crippen LogP contribution >= 0.6 is 0 Å². The molecular weight excluding hydrogens is 1960 g/mol. The van der Waals surface area contributed by atoms with Crippen molar-refractivity contribution in [3.8, 4) is 0 Å². The van der Waals surface area contributed by atoms with Crippen LogP contribution in [-0.4, -0.2) is 371 Å². The smallest absolute Gasteiger partial charge is 0.410 e. The molecule has 0 radical (unpaired) electrons. The fraction of sp³-hybridized carbons (Fsp3) is 0.706. The summed E-state index contributed by atoms with van der Waals surface area (Å²) in [7, 11) is 0. The summed E-state index contributed by atoms with van der Waals surface area (Å²) in [6.07, 6.45) is 14.7. The van der Waals surface area contributed by atoms with Gasteiger partial charge in [-0.15, -0.1) is 0 Å². The molecule has 48 heteroatoms. The summed E-state index contributed by atoms with van der Waals surface area (Å²) >= 11 is 0. The van der Waals surface area contributed by atoms with Gasteiger partial charge in [-0.05, 0) is 154 Å². The van der Waals surface area contributed by atoms with Crippen molar-refractivity contribution < 1.29 is 154 Å². The molecule has 0 heterocycles. The number of rotatable bonds is 90. The molecule has 0 spiro atoms. The van der Waals surface area contributed by atoms with Gasteiger partial charge in [0.15, 0.2) is 0 Å². The number of hydrogen-bond acceptors (Lipinski definition) is 32. The maximum Gasteiger partial charge on any atom is 0.410 e. The summed E-state index contributed by atoms with van der Waals surface area (Å²) in [5.41, 5.74) is 12.9. The minimum atomic E-state index is -0.921. The molecule has 2 aromatic rings. The maximum atomic E-state index is 12.9. The van der Waals surface area contributed by atoms with E-state index in [1.807, 2.05) is 74.5 Å². The van der Waals surface area contributed by atoms with Crippen LogP contribution in [0.4, 0.5) is 19.2 Å². The first kappa shape index (κ1) is 140. The molecule has 0 saturated heterocycles. The van der Waals surface area contributed by atoms with Gasteiger partial charge in [-0.1, -0.05) is 126 Å². The number of aliphatic carboxylic acids is 4. The minimum Gasteiger partial charge on any atom is -0.481 e. The first-order valence-electron chi connectivity index (χ1n) is 52.6. The van der Waals surface area contributed by atoms with Crippen LogP contribution < -0.4 is 64.6 Å². The normalized spacial score (nSPS) is 10.5. The highest BCUT2D eigenvalue weighted by Crippen LogP contribution is 2.11. The molecule has 0 aliphatic heterocycles. The number of nitrogens with two attached hydrogens (primary N) is 2. The molecule has 12 amide bonds. The zero-order chi connectivity index (χ0) is 111. The number of carboxylic acid groups (broad SMARTS) is 4. The number of unbranched alkanes of at least 4 members (excludes halogenated alkanes) is 16. The lowest BCUT2D eigenvalue weighted by atomic mass is 10.2. The number of carbonyl (C=O) groups is 18. The Labute approximate surface area is 883 Å². The number of amides is 12. The lowest BCUT2D eigenvalue weighted by molar-refractivity contribution is -0.146. The van der Waals surface area contributed by atoms with Crippen LogP contribution in [-0.2, 0) is 128 Å². The number of hydrogen-bond donors (Lipinski definition) is 16. The van der Waals surface area contributed by atoms with Gasteiger partial charge in [0.1, 0.15) is 65.8 Å². The number of benzene rings is 2. The zero-order valence-electron chi connectivity index (χ0n) is 89.0. The van der Waals surface area contributed by atoms with E-state index in [9.17, 15) is 86.3 Å². The fourth-order valence-corrected chi connectivity index (χ4v) is 13.0. The van der Waals surface area contributed by atoms with Crippen molar-refractivity contribution in [3.05, 3.63) is 71.8 Å².